The average molecular weight is 336 g/mol. The van der Waals surface area contributed by atoms with Gasteiger partial charge in [0.1, 0.15) is 6.61 Å². The Bertz CT molecular complexity index is 305. The Hall–Kier alpha value is -0.773. The van der Waals surface area contributed by atoms with Crippen LogP contribution in [0.2, 0.25) is 0 Å². The van der Waals surface area contributed by atoms with E-state index in [1.54, 1.807) is 6.92 Å². The Morgan fingerprint density at radius 2 is 1.36 bits per heavy atom. The minimum absolute atomic E-state index is 0.177. The van der Waals surface area contributed by atoms with Crippen LogP contribution in [-0.4, -0.2) is 61.3 Å². The van der Waals surface area contributed by atoms with E-state index in [9.17, 15) is 4.79 Å². The van der Waals surface area contributed by atoms with E-state index in [1.165, 1.54) is 0 Å². The number of rotatable bonds is 14. The SMILES string of the molecule is C=C(C)C(=O)OCCOCCO[Si](OCC)(OCC)OCC. The predicted molar refractivity (Wildman–Crippen MR) is 83.2 cm³/mol. The molecule has 0 aromatic rings. The van der Waals surface area contributed by atoms with E-state index in [0.717, 1.165) is 0 Å². The van der Waals surface area contributed by atoms with Crippen molar-refractivity contribution >= 4 is 15.0 Å². The number of carbonyl (C=O) groups is 1. The highest BCUT2D eigenvalue weighted by Gasteiger charge is 2.44. The van der Waals surface area contributed by atoms with Crippen molar-refractivity contribution in [2.45, 2.75) is 27.7 Å². The summed E-state index contributed by atoms with van der Waals surface area (Å²) in [5.74, 6) is -0.421. The minimum Gasteiger partial charge on any atom is -0.460 e. The molecular formula is C14H28O7Si. The third-order valence-electron chi connectivity index (χ3n) is 2.28. The molecule has 0 fully saturated rings. The summed E-state index contributed by atoms with van der Waals surface area (Å²) in [5.41, 5.74) is 0.365. The van der Waals surface area contributed by atoms with Crippen molar-refractivity contribution in [2.24, 2.45) is 0 Å². The Morgan fingerprint density at radius 1 is 0.864 bits per heavy atom. The van der Waals surface area contributed by atoms with E-state index >= 15 is 0 Å². The second kappa shape index (κ2) is 12.7. The first-order valence-electron chi connectivity index (χ1n) is 7.47. The second-order valence-corrected chi connectivity index (χ2v) is 6.33. The number of ether oxygens (including phenoxy) is 2. The Balaban J connectivity index is 3.92. The van der Waals surface area contributed by atoms with Gasteiger partial charge in [0, 0.05) is 25.4 Å². The van der Waals surface area contributed by atoms with Crippen LogP contribution in [0.3, 0.4) is 0 Å². The lowest BCUT2D eigenvalue weighted by Crippen LogP contribution is -2.50. The number of hydrogen-bond donors (Lipinski definition) is 0. The molecule has 0 spiro atoms. The van der Waals surface area contributed by atoms with E-state index in [-0.39, 0.29) is 19.8 Å². The van der Waals surface area contributed by atoms with Gasteiger partial charge in [-0.2, -0.15) is 0 Å². The predicted octanol–water partition coefficient (Wildman–Crippen LogP) is 1.68. The minimum atomic E-state index is -3.07. The molecule has 0 saturated heterocycles. The maximum atomic E-state index is 11.1. The smallest absolute Gasteiger partial charge is 0.460 e. The van der Waals surface area contributed by atoms with E-state index in [2.05, 4.69) is 6.58 Å². The molecule has 0 aliphatic carbocycles. The summed E-state index contributed by atoms with van der Waals surface area (Å²) in [6, 6.07) is 0. The van der Waals surface area contributed by atoms with Crippen molar-refractivity contribution < 1.29 is 32.0 Å². The van der Waals surface area contributed by atoms with Crippen molar-refractivity contribution in [3.8, 4) is 0 Å². The zero-order chi connectivity index (χ0) is 16.8. The lowest BCUT2D eigenvalue weighted by Gasteiger charge is -2.26. The lowest BCUT2D eigenvalue weighted by molar-refractivity contribution is -0.140. The number of carbonyl (C=O) groups excluding carboxylic acids is 1. The van der Waals surface area contributed by atoms with Gasteiger partial charge in [0.25, 0.3) is 0 Å². The number of hydrogen-bond acceptors (Lipinski definition) is 7. The highest BCUT2D eigenvalue weighted by molar-refractivity contribution is 6.53. The van der Waals surface area contributed by atoms with Gasteiger partial charge in [0.2, 0.25) is 0 Å². The molecule has 22 heavy (non-hydrogen) atoms. The fraction of sp³-hybridized carbons (Fsp3) is 0.786. The zero-order valence-electron chi connectivity index (χ0n) is 14.0. The standard InChI is InChI=1S/C14H28O7Si/c1-6-18-22(19-7-2,20-8-3)21-12-10-16-9-11-17-14(15)13(4)5/h4,6-12H2,1-3,5H3. The van der Waals surface area contributed by atoms with Gasteiger partial charge in [-0.3, -0.25) is 0 Å². The van der Waals surface area contributed by atoms with E-state index in [4.69, 9.17) is 27.2 Å². The summed E-state index contributed by atoms with van der Waals surface area (Å²) in [4.78, 5) is 11.1. The normalized spacial score (nSPS) is 11.5. The molecule has 0 amide bonds. The van der Waals surface area contributed by atoms with Crippen LogP contribution in [0.15, 0.2) is 12.2 Å². The Labute approximate surface area is 134 Å². The zero-order valence-corrected chi connectivity index (χ0v) is 15.0. The van der Waals surface area contributed by atoms with Gasteiger partial charge in [-0.05, 0) is 27.7 Å². The topological polar surface area (TPSA) is 72.5 Å². The quantitative estimate of drug-likeness (QED) is 0.207. The molecule has 130 valence electrons. The van der Waals surface area contributed by atoms with Crippen molar-refractivity contribution in [2.75, 3.05) is 46.2 Å². The third kappa shape index (κ3) is 9.29. The van der Waals surface area contributed by atoms with Gasteiger partial charge in [-0.1, -0.05) is 6.58 Å². The van der Waals surface area contributed by atoms with Crippen LogP contribution in [0.4, 0.5) is 0 Å². The summed E-state index contributed by atoms with van der Waals surface area (Å²) in [7, 11) is -3.07. The van der Waals surface area contributed by atoms with E-state index < -0.39 is 15.0 Å². The summed E-state index contributed by atoms with van der Waals surface area (Å²) in [6.45, 7) is 13.1. The van der Waals surface area contributed by atoms with Crippen LogP contribution in [0.5, 0.6) is 0 Å². The largest absolute Gasteiger partial charge is 0.679 e. The van der Waals surface area contributed by atoms with Gasteiger partial charge in [0.15, 0.2) is 0 Å². The molecule has 0 aliphatic heterocycles. The Morgan fingerprint density at radius 3 is 1.82 bits per heavy atom. The fourth-order valence-electron chi connectivity index (χ4n) is 1.42. The first kappa shape index (κ1) is 21.2. The van der Waals surface area contributed by atoms with Crippen LogP contribution >= 0.6 is 0 Å². The maximum Gasteiger partial charge on any atom is 0.679 e. The van der Waals surface area contributed by atoms with Gasteiger partial charge in [-0.25, -0.2) is 4.79 Å². The van der Waals surface area contributed by atoms with E-state index in [0.29, 0.717) is 32.0 Å². The molecule has 0 aromatic carbocycles. The van der Waals surface area contributed by atoms with Crippen molar-refractivity contribution in [3.63, 3.8) is 0 Å². The first-order chi connectivity index (χ1) is 10.5. The third-order valence-corrected chi connectivity index (χ3v) is 4.76. The second-order valence-electron chi connectivity index (χ2n) is 4.18. The van der Waals surface area contributed by atoms with Gasteiger partial charge in [0.05, 0.1) is 19.8 Å². The van der Waals surface area contributed by atoms with Crippen molar-refractivity contribution in [1.29, 1.82) is 0 Å². The molecule has 0 aromatic heterocycles. The van der Waals surface area contributed by atoms with Crippen LogP contribution in [0.1, 0.15) is 27.7 Å². The molecule has 0 saturated carbocycles. The maximum absolute atomic E-state index is 11.1. The highest BCUT2D eigenvalue weighted by Crippen LogP contribution is 2.11. The molecule has 0 aliphatic rings. The monoisotopic (exact) mass is 336 g/mol. The molecule has 0 radical (unpaired) electrons. The van der Waals surface area contributed by atoms with Gasteiger partial charge >= 0.3 is 15.0 Å². The summed E-state index contributed by atoms with van der Waals surface area (Å²) < 4.78 is 32.5. The summed E-state index contributed by atoms with van der Waals surface area (Å²) in [6.07, 6.45) is 0. The fourth-order valence-corrected chi connectivity index (χ4v) is 3.32. The van der Waals surface area contributed by atoms with Crippen LogP contribution in [0.25, 0.3) is 0 Å². The molecule has 0 unspecified atom stereocenters. The van der Waals surface area contributed by atoms with E-state index in [1.807, 2.05) is 20.8 Å². The first-order valence-corrected chi connectivity index (χ1v) is 9.10. The Kier molecular flexibility index (Phi) is 12.3. The highest BCUT2D eigenvalue weighted by atomic mass is 28.4. The van der Waals surface area contributed by atoms with Crippen molar-refractivity contribution in [1.82, 2.24) is 0 Å². The molecule has 0 rings (SSSR count). The van der Waals surface area contributed by atoms with Crippen LogP contribution in [0, 0.1) is 0 Å². The molecular weight excluding hydrogens is 308 g/mol. The molecule has 7 nitrogen and oxygen atoms in total. The molecule has 0 atom stereocenters. The average Bonchev–Trinajstić information content (AvgIpc) is 2.46. The summed E-state index contributed by atoms with van der Waals surface area (Å²) >= 11 is 0. The summed E-state index contributed by atoms with van der Waals surface area (Å²) in [5, 5.41) is 0. The van der Waals surface area contributed by atoms with Crippen molar-refractivity contribution in [3.05, 3.63) is 12.2 Å². The van der Waals surface area contributed by atoms with Crippen LogP contribution in [-0.2, 0) is 32.0 Å². The van der Waals surface area contributed by atoms with Crippen LogP contribution < -0.4 is 0 Å². The molecule has 8 heteroatoms. The molecule has 0 N–H and O–H groups in total. The van der Waals surface area contributed by atoms with Gasteiger partial charge < -0.3 is 27.2 Å². The molecule has 0 bridgehead atoms. The van der Waals surface area contributed by atoms with Gasteiger partial charge in [-0.15, -0.1) is 0 Å². The lowest BCUT2D eigenvalue weighted by atomic mass is 10.4. The molecule has 0 heterocycles. The number of esters is 1.